The van der Waals surface area contributed by atoms with Gasteiger partial charge in [-0.3, -0.25) is 0 Å². The molecule has 0 N–H and O–H groups in total. The van der Waals surface area contributed by atoms with Gasteiger partial charge in [0.15, 0.2) is 5.82 Å². The maximum atomic E-state index is 13.5. The Morgan fingerprint density at radius 2 is 2.27 bits per heavy atom. The van der Waals surface area contributed by atoms with Gasteiger partial charge in [0.05, 0.1) is 16.8 Å². The van der Waals surface area contributed by atoms with Gasteiger partial charge >= 0.3 is 5.97 Å². The summed E-state index contributed by atoms with van der Waals surface area (Å²) in [6.07, 6.45) is 0. The summed E-state index contributed by atoms with van der Waals surface area (Å²) in [6.45, 7) is 0. The van der Waals surface area contributed by atoms with Gasteiger partial charge in [0, 0.05) is 0 Å². The number of hydrogen-bond acceptors (Lipinski definition) is 3. The van der Waals surface area contributed by atoms with E-state index in [2.05, 4.69) is 4.74 Å². The lowest BCUT2D eigenvalue weighted by Gasteiger charge is -1.93. The number of rotatable bonds is 1. The molecule has 0 aliphatic rings. The lowest BCUT2D eigenvalue weighted by Crippen LogP contribution is -1.96. The number of methoxy groups -OCH3 is 1. The van der Waals surface area contributed by atoms with E-state index in [0.29, 0.717) is 15.0 Å². The summed E-state index contributed by atoms with van der Waals surface area (Å²) in [7, 11) is 1.29. The van der Waals surface area contributed by atoms with Crippen molar-refractivity contribution in [3.63, 3.8) is 0 Å². The molecule has 0 saturated heterocycles. The van der Waals surface area contributed by atoms with E-state index in [0.717, 1.165) is 11.3 Å². The van der Waals surface area contributed by atoms with Gasteiger partial charge in [0.2, 0.25) is 0 Å². The Balaban J connectivity index is 2.66. The molecule has 5 heteroatoms. The van der Waals surface area contributed by atoms with Crippen molar-refractivity contribution in [2.24, 2.45) is 0 Å². The normalized spacial score (nSPS) is 10.6. The number of carbonyl (C=O) groups excluding carboxylic acids is 1. The molecule has 15 heavy (non-hydrogen) atoms. The average Bonchev–Trinajstić information content (AvgIpc) is 2.67. The van der Waals surface area contributed by atoms with Crippen LogP contribution in [0.4, 0.5) is 4.39 Å². The highest BCUT2D eigenvalue weighted by Gasteiger charge is 2.14. The van der Waals surface area contributed by atoms with Crippen molar-refractivity contribution >= 4 is 39.0 Å². The summed E-state index contributed by atoms with van der Waals surface area (Å²) < 4.78 is 18.4. The topological polar surface area (TPSA) is 26.3 Å². The van der Waals surface area contributed by atoms with Crippen LogP contribution in [0.5, 0.6) is 0 Å². The molecule has 1 heterocycles. The molecule has 0 radical (unpaired) electrons. The molecule has 0 bridgehead atoms. The van der Waals surface area contributed by atoms with Crippen LogP contribution in [-0.2, 0) is 4.74 Å². The molecule has 0 unspecified atom stereocenters. The fraction of sp³-hybridized carbons (Fsp3) is 0.100. The second-order valence-electron chi connectivity index (χ2n) is 2.88. The third-order valence-corrected chi connectivity index (χ3v) is 3.38. The third-order valence-electron chi connectivity index (χ3n) is 1.97. The van der Waals surface area contributed by atoms with Crippen LogP contribution in [-0.4, -0.2) is 13.1 Å². The lowest BCUT2D eigenvalue weighted by atomic mass is 10.2. The van der Waals surface area contributed by atoms with Gasteiger partial charge in [-0.15, -0.1) is 11.3 Å². The number of carbonyl (C=O) groups is 1. The Morgan fingerprint density at radius 3 is 2.93 bits per heavy atom. The first kappa shape index (κ1) is 10.4. The first-order chi connectivity index (χ1) is 7.13. The molecular formula is C10H6ClFO2S. The first-order valence-electron chi connectivity index (χ1n) is 4.09. The smallest absolute Gasteiger partial charge is 0.348 e. The zero-order chi connectivity index (χ0) is 11.0. The van der Waals surface area contributed by atoms with E-state index in [1.165, 1.54) is 13.2 Å². The molecule has 0 fully saturated rings. The standard InChI is InChI=1S/C10H6ClFO2S/c1-14-10(13)7-4-5-2-3-6(11)8(12)9(5)15-7/h2-4H,1H3. The van der Waals surface area contributed by atoms with Crippen LogP contribution in [0.1, 0.15) is 9.67 Å². The fourth-order valence-electron chi connectivity index (χ4n) is 1.25. The van der Waals surface area contributed by atoms with Crippen molar-refractivity contribution < 1.29 is 13.9 Å². The van der Waals surface area contributed by atoms with Crippen molar-refractivity contribution in [3.8, 4) is 0 Å². The minimum atomic E-state index is -0.491. The minimum absolute atomic E-state index is 0.0563. The van der Waals surface area contributed by atoms with Crippen LogP contribution in [0.2, 0.25) is 5.02 Å². The van der Waals surface area contributed by atoms with Gasteiger partial charge in [0.1, 0.15) is 4.88 Å². The second kappa shape index (κ2) is 3.79. The van der Waals surface area contributed by atoms with Gasteiger partial charge < -0.3 is 4.74 Å². The summed E-state index contributed by atoms with van der Waals surface area (Å²) in [5.74, 6) is -0.957. The number of benzene rings is 1. The number of thiophene rings is 1. The molecule has 2 rings (SSSR count). The Kier molecular flexibility index (Phi) is 2.63. The van der Waals surface area contributed by atoms with Crippen molar-refractivity contribution in [2.75, 3.05) is 7.11 Å². The maximum absolute atomic E-state index is 13.5. The predicted octanol–water partition coefficient (Wildman–Crippen LogP) is 3.48. The van der Waals surface area contributed by atoms with E-state index < -0.39 is 11.8 Å². The van der Waals surface area contributed by atoms with E-state index in [1.807, 2.05) is 0 Å². The fourth-order valence-corrected chi connectivity index (χ4v) is 2.48. The quantitative estimate of drug-likeness (QED) is 0.718. The van der Waals surface area contributed by atoms with Crippen LogP contribution in [0, 0.1) is 5.82 Å². The molecule has 0 saturated carbocycles. The van der Waals surface area contributed by atoms with Gasteiger partial charge in [-0.1, -0.05) is 17.7 Å². The summed E-state index contributed by atoms with van der Waals surface area (Å²) >= 11 is 6.66. The highest BCUT2D eigenvalue weighted by Crippen LogP contribution is 2.31. The number of esters is 1. The molecule has 1 aromatic carbocycles. The lowest BCUT2D eigenvalue weighted by molar-refractivity contribution is 0.0606. The first-order valence-corrected chi connectivity index (χ1v) is 5.29. The second-order valence-corrected chi connectivity index (χ2v) is 4.34. The summed E-state index contributed by atoms with van der Waals surface area (Å²) in [6, 6.07) is 4.72. The van der Waals surface area contributed by atoms with E-state index in [9.17, 15) is 9.18 Å². The molecular weight excluding hydrogens is 239 g/mol. The highest BCUT2D eigenvalue weighted by molar-refractivity contribution is 7.20. The van der Waals surface area contributed by atoms with Crippen LogP contribution in [0.3, 0.4) is 0 Å². The summed E-state index contributed by atoms with van der Waals surface area (Å²) in [5.41, 5.74) is 0. The minimum Gasteiger partial charge on any atom is -0.465 e. The Morgan fingerprint density at radius 1 is 1.53 bits per heavy atom. The maximum Gasteiger partial charge on any atom is 0.348 e. The van der Waals surface area contributed by atoms with Crippen LogP contribution in [0.15, 0.2) is 18.2 Å². The predicted molar refractivity (Wildman–Crippen MR) is 58.1 cm³/mol. The molecule has 2 nitrogen and oxygen atoms in total. The van der Waals surface area contributed by atoms with E-state index in [4.69, 9.17) is 11.6 Å². The molecule has 0 atom stereocenters. The molecule has 0 amide bonds. The zero-order valence-electron chi connectivity index (χ0n) is 7.71. The van der Waals surface area contributed by atoms with Crippen LogP contribution < -0.4 is 0 Å². The van der Waals surface area contributed by atoms with Crippen molar-refractivity contribution in [3.05, 3.63) is 33.9 Å². The number of hydrogen-bond donors (Lipinski definition) is 0. The van der Waals surface area contributed by atoms with Crippen LogP contribution >= 0.6 is 22.9 Å². The third kappa shape index (κ3) is 1.70. The summed E-state index contributed by atoms with van der Waals surface area (Å²) in [5, 5.41) is 0.711. The van der Waals surface area contributed by atoms with Gasteiger partial charge in [-0.2, -0.15) is 0 Å². The van der Waals surface area contributed by atoms with Crippen molar-refractivity contribution in [1.29, 1.82) is 0 Å². The van der Waals surface area contributed by atoms with Gasteiger partial charge in [0.25, 0.3) is 0 Å². The SMILES string of the molecule is COC(=O)c1cc2ccc(Cl)c(F)c2s1. The number of ether oxygens (including phenoxy) is 1. The van der Waals surface area contributed by atoms with E-state index in [1.54, 1.807) is 12.1 Å². The van der Waals surface area contributed by atoms with E-state index >= 15 is 0 Å². The molecule has 0 aliphatic carbocycles. The Hall–Kier alpha value is -1.13. The number of fused-ring (bicyclic) bond motifs is 1. The van der Waals surface area contributed by atoms with Crippen LogP contribution in [0.25, 0.3) is 10.1 Å². The molecule has 2 aromatic rings. The largest absolute Gasteiger partial charge is 0.465 e. The zero-order valence-corrected chi connectivity index (χ0v) is 9.29. The van der Waals surface area contributed by atoms with E-state index in [-0.39, 0.29) is 5.02 Å². The monoisotopic (exact) mass is 244 g/mol. The Bertz CT molecular complexity index is 535. The average molecular weight is 245 g/mol. The molecule has 0 aliphatic heterocycles. The van der Waals surface area contributed by atoms with Crippen molar-refractivity contribution in [1.82, 2.24) is 0 Å². The highest BCUT2D eigenvalue weighted by atomic mass is 35.5. The molecule has 78 valence electrons. The van der Waals surface area contributed by atoms with Gasteiger partial charge in [-0.05, 0) is 17.5 Å². The molecule has 0 spiro atoms. The summed E-state index contributed by atoms with van der Waals surface area (Å²) in [4.78, 5) is 11.6. The van der Waals surface area contributed by atoms with Crippen molar-refractivity contribution in [2.45, 2.75) is 0 Å². The molecule has 1 aromatic heterocycles. The number of halogens is 2. The Labute approximate surface area is 94.2 Å². The van der Waals surface area contributed by atoms with Gasteiger partial charge in [-0.25, -0.2) is 9.18 Å².